The van der Waals surface area contributed by atoms with E-state index in [1.165, 1.54) is 17.7 Å². The Labute approximate surface area is 222 Å². The highest BCUT2D eigenvalue weighted by molar-refractivity contribution is 5.91. The Morgan fingerprint density at radius 1 is 1.18 bits per heavy atom. The summed E-state index contributed by atoms with van der Waals surface area (Å²) in [5.74, 6) is -1.97. The van der Waals surface area contributed by atoms with Gasteiger partial charge in [0.15, 0.2) is 0 Å². The van der Waals surface area contributed by atoms with Crippen molar-refractivity contribution in [2.24, 2.45) is 5.73 Å². The Bertz CT molecular complexity index is 1110. The van der Waals surface area contributed by atoms with Crippen LogP contribution in [0.25, 0.3) is 0 Å². The number of nitrogens with one attached hydrogen (secondary N) is 3. The molecular formula is C28H37FN4O5. The van der Waals surface area contributed by atoms with Gasteiger partial charge in [-0.3, -0.25) is 14.4 Å². The van der Waals surface area contributed by atoms with E-state index in [0.717, 1.165) is 12.0 Å². The number of aryl methyl sites for hydroxylation is 1. The predicted molar refractivity (Wildman–Crippen MR) is 141 cm³/mol. The number of rotatable bonds is 8. The SMILES string of the molecule is CCc1cccc(CNCC(O)C2Cc3cc(F)cc(c3)OCCCCC(=O)NC(CC(N)=O)C(=O)N2)c1. The van der Waals surface area contributed by atoms with Gasteiger partial charge in [-0.2, -0.15) is 0 Å². The second-order valence-corrected chi connectivity index (χ2v) is 9.58. The van der Waals surface area contributed by atoms with Crippen LogP contribution in [-0.4, -0.2) is 54.2 Å². The minimum absolute atomic E-state index is 0.0886. The third kappa shape index (κ3) is 9.42. The Morgan fingerprint density at radius 3 is 2.74 bits per heavy atom. The highest BCUT2D eigenvalue weighted by Gasteiger charge is 2.28. The molecule has 1 aliphatic rings. The van der Waals surface area contributed by atoms with E-state index in [1.54, 1.807) is 6.07 Å². The van der Waals surface area contributed by atoms with Crippen LogP contribution in [0.2, 0.25) is 0 Å². The van der Waals surface area contributed by atoms with Crippen molar-refractivity contribution in [2.75, 3.05) is 13.2 Å². The topological polar surface area (TPSA) is 143 Å². The number of hydrogen-bond acceptors (Lipinski definition) is 6. The molecule has 0 saturated carbocycles. The summed E-state index contributed by atoms with van der Waals surface area (Å²) in [7, 11) is 0. The van der Waals surface area contributed by atoms with E-state index in [9.17, 15) is 23.9 Å². The quantitative estimate of drug-likeness (QED) is 0.351. The van der Waals surface area contributed by atoms with Gasteiger partial charge in [0.1, 0.15) is 17.6 Å². The van der Waals surface area contributed by atoms with Crippen molar-refractivity contribution in [1.82, 2.24) is 16.0 Å². The number of carbonyl (C=O) groups excluding carboxylic acids is 3. The van der Waals surface area contributed by atoms with E-state index in [2.05, 4.69) is 28.9 Å². The van der Waals surface area contributed by atoms with Crippen molar-refractivity contribution in [1.29, 1.82) is 0 Å². The molecule has 3 atom stereocenters. The third-order valence-corrected chi connectivity index (χ3v) is 6.38. The van der Waals surface area contributed by atoms with Gasteiger partial charge < -0.3 is 31.5 Å². The monoisotopic (exact) mass is 528 g/mol. The first kappa shape index (κ1) is 29.1. The Balaban J connectivity index is 1.80. The molecule has 0 fully saturated rings. The number of carbonyl (C=O) groups is 3. The fourth-order valence-electron chi connectivity index (χ4n) is 4.36. The molecule has 0 aromatic heterocycles. The lowest BCUT2D eigenvalue weighted by Gasteiger charge is -2.27. The summed E-state index contributed by atoms with van der Waals surface area (Å²) < 4.78 is 20.0. The lowest BCUT2D eigenvalue weighted by atomic mass is 9.99. The molecule has 0 saturated heterocycles. The zero-order valence-electron chi connectivity index (χ0n) is 21.7. The van der Waals surface area contributed by atoms with Crippen LogP contribution < -0.4 is 26.4 Å². The van der Waals surface area contributed by atoms with Crippen LogP contribution in [0.15, 0.2) is 42.5 Å². The summed E-state index contributed by atoms with van der Waals surface area (Å²) in [5, 5.41) is 19.6. The molecule has 0 radical (unpaired) electrons. The van der Waals surface area contributed by atoms with Gasteiger partial charge in [0.05, 0.1) is 25.2 Å². The number of benzene rings is 2. The van der Waals surface area contributed by atoms with Gasteiger partial charge in [0.25, 0.3) is 0 Å². The lowest BCUT2D eigenvalue weighted by Crippen LogP contribution is -2.55. The molecule has 38 heavy (non-hydrogen) atoms. The molecule has 1 heterocycles. The first-order valence-electron chi connectivity index (χ1n) is 13.0. The van der Waals surface area contributed by atoms with E-state index in [0.29, 0.717) is 30.7 Å². The first-order chi connectivity index (χ1) is 18.2. The van der Waals surface area contributed by atoms with Crippen LogP contribution in [-0.2, 0) is 33.8 Å². The number of aliphatic hydroxyl groups excluding tert-OH is 1. The first-order valence-corrected chi connectivity index (χ1v) is 13.0. The van der Waals surface area contributed by atoms with Crippen LogP contribution in [0.3, 0.4) is 0 Å². The molecule has 9 nitrogen and oxygen atoms in total. The number of fused-ring (bicyclic) bond motifs is 2. The normalized spacial score (nSPS) is 19.8. The Kier molecular flexibility index (Phi) is 11.0. The van der Waals surface area contributed by atoms with Crippen molar-refractivity contribution in [3.63, 3.8) is 0 Å². The number of primary amides is 1. The fraction of sp³-hybridized carbons (Fsp3) is 0.464. The highest BCUT2D eigenvalue weighted by atomic mass is 19.1. The summed E-state index contributed by atoms with van der Waals surface area (Å²) in [6.45, 7) is 2.99. The largest absolute Gasteiger partial charge is 0.493 e. The maximum absolute atomic E-state index is 14.4. The average Bonchev–Trinajstić information content (AvgIpc) is 2.87. The lowest BCUT2D eigenvalue weighted by molar-refractivity contribution is -0.132. The number of nitrogens with two attached hydrogens (primary N) is 1. The maximum atomic E-state index is 14.4. The Hall–Kier alpha value is -3.50. The van der Waals surface area contributed by atoms with Gasteiger partial charge in [-0.15, -0.1) is 0 Å². The zero-order valence-corrected chi connectivity index (χ0v) is 21.7. The predicted octanol–water partition coefficient (Wildman–Crippen LogP) is 1.49. The number of aliphatic hydroxyl groups is 1. The molecule has 1 aliphatic heterocycles. The maximum Gasteiger partial charge on any atom is 0.243 e. The highest BCUT2D eigenvalue weighted by Crippen LogP contribution is 2.19. The average molecular weight is 529 g/mol. The molecule has 0 aliphatic carbocycles. The molecule has 0 spiro atoms. The molecule has 206 valence electrons. The van der Waals surface area contributed by atoms with Gasteiger partial charge >= 0.3 is 0 Å². The number of halogens is 1. The molecule has 3 amide bonds. The minimum Gasteiger partial charge on any atom is -0.493 e. The zero-order chi connectivity index (χ0) is 27.5. The molecule has 2 aromatic carbocycles. The van der Waals surface area contributed by atoms with Gasteiger partial charge in [-0.05, 0) is 54.5 Å². The van der Waals surface area contributed by atoms with Gasteiger partial charge in [-0.1, -0.05) is 31.2 Å². The summed E-state index contributed by atoms with van der Waals surface area (Å²) in [6, 6.07) is 10.3. The third-order valence-electron chi connectivity index (χ3n) is 6.38. The van der Waals surface area contributed by atoms with Crippen LogP contribution >= 0.6 is 0 Å². The minimum atomic E-state index is -1.19. The number of hydrogen-bond donors (Lipinski definition) is 5. The number of amides is 3. The van der Waals surface area contributed by atoms with Crippen molar-refractivity contribution >= 4 is 17.7 Å². The Morgan fingerprint density at radius 2 is 1.97 bits per heavy atom. The van der Waals surface area contributed by atoms with E-state index in [4.69, 9.17) is 10.5 Å². The second kappa shape index (κ2) is 14.4. The van der Waals surface area contributed by atoms with Crippen molar-refractivity contribution in [3.05, 3.63) is 65.0 Å². The fourth-order valence-corrected chi connectivity index (χ4v) is 4.36. The van der Waals surface area contributed by atoms with Gasteiger partial charge in [0.2, 0.25) is 17.7 Å². The molecule has 2 bridgehead atoms. The summed E-state index contributed by atoms with van der Waals surface area (Å²) in [6.07, 6.45) is 0.683. The summed E-state index contributed by atoms with van der Waals surface area (Å²) in [5.41, 5.74) is 8.09. The molecule has 10 heteroatoms. The van der Waals surface area contributed by atoms with Crippen LogP contribution in [0.4, 0.5) is 4.39 Å². The van der Waals surface area contributed by atoms with Crippen molar-refractivity contribution in [2.45, 2.75) is 70.2 Å². The molecule has 3 unspecified atom stereocenters. The van der Waals surface area contributed by atoms with E-state index < -0.39 is 41.7 Å². The van der Waals surface area contributed by atoms with Gasteiger partial charge in [0, 0.05) is 25.6 Å². The molecule has 3 rings (SSSR count). The summed E-state index contributed by atoms with van der Waals surface area (Å²) in [4.78, 5) is 37.1. The van der Waals surface area contributed by atoms with Crippen LogP contribution in [0, 0.1) is 5.82 Å². The van der Waals surface area contributed by atoms with E-state index in [-0.39, 0.29) is 32.4 Å². The van der Waals surface area contributed by atoms with Crippen molar-refractivity contribution in [3.8, 4) is 5.75 Å². The number of ether oxygens (including phenoxy) is 1. The van der Waals surface area contributed by atoms with Gasteiger partial charge in [-0.25, -0.2) is 4.39 Å². The van der Waals surface area contributed by atoms with Crippen LogP contribution in [0.1, 0.15) is 49.3 Å². The molecule has 6 N–H and O–H groups in total. The van der Waals surface area contributed by atoms with Crippen molar-refractivity contribution < 1.29 is 28.6 Å². The molecule has 2 aromatic rings. The smallest absolute Gasteiger partial charge is 0.243 e. The standard InChI is InChI=1S/C28H37FN4O5/c1-2-18-6-5-7-19(10-18)16-31-17-25(34)23-13-20-11-21(29)14-22(12-20)38-9-4-3-8-27(36)32-24(15-26(30)35)28(37)33-23/h5-7,10-12,14,23-25,31,34H,2-4,8-9,13,15-17H2,1H3,(H2,30,35)(H,32,36)(H,33,37). The summed E-state index contributed by atoms with van der Waals surface area (Å²) >= 11 is 0. The van der Waals surface area contributed by atoms with E-state index in [1.807, 2.05) is 18.2 Å². The van der Waals surface area contributed by atoms with Crippen LogP contribution in [0.5, 0.6) is 5.75 Å². The second-order valence-electron chi connectivity index (χ2n) is 9.58. The molecular weight excluding hydrogens is 491 g/mol. The van der Waals surface area contributed by atoms with E-state index >= 15 is 0 Å².